The number of anilines is 2. The second kappa shape index (κ2) is 5.66. The van der Waals surface area contributed by atoms with E-state index in [0.29, 0.717) is 17.1 Å². The number of rotatable bonds is 3. The molecule has 6 nitrogen and oxygen atoms in total. The van der Waals surface area contributed by atoms with Gasteiger partial charge in [0.05, 0.1) is 11.8 Å². The Hall–Kier alpha value is -2.48. The number of hydrogen-bond donors (Lipinski definition) is 3. The summed E-state index contributed by atoms with van der Waals surface area (Å²) in [4.78, 5) is 12.0. The predicted molar refractivity (Wildman–Crippen MR) is 78.1 cm³/mol. The fraction of sp³-hybridized carbons (Fsp3) is 0.0833. The van der Waals surface area contributed by atoms with Crippen LogP contribution in [-0.2, 0) is 7.05 Å². The molecule has 0 saturated heterocycles. The molecule has 0 saturated carbocycles. The zero-order chi connectivity index (χ0) is 14.7. The monoisotopic (exact) mass is 293 g/mol. The molecule has 1 aromatic heterocycles. The average molecular weight is 293 g/mol. The molecule has 8 heteroatoms. The van der Waals surface area contributed by atoms with Gasteiger partial charge in [-0.3, -0.25) is 10.00 Å². The van der Waals surface area contributed by atoms with Crippen molar-refractivity contribution in [2.45, 2.75) is 0 Å². The zero-order valence-electron chi connectivity index (χ0n) is 10.6. The van der Waals surface area contributed by atoms with Crippen molar-refractivity contribution in [2.75, 3.05) is 10.6 Å². The maximum Gasteiger partial charge on any atom is 0.324 e. The number of aryl methyl sites for hydroxylation is 1. The molecule has 104 valence electrons. The lowest BCUT2D eigenvalue weighted by Crippen LogP contribution is -2.23. The van der Waals surface area contributed by atoms with Crippen LogP contribution in [-0.4, -0.2) is 20.8 Å². The fourth-order valence-electron chi connectivity index (χ4n) is 1.57. The maximum atomic E-state index is 12.8. The van der Waals surface area contributed by atoms with Gasteiger partial charge in [0.15, 0.2) is 0 Å². The first-order valence-corrected chi connectivity index (χ1v) is 6.03. The molecule has 0 bridgehead atoms. The van der Waals surface area contributed by atoms with E-state index < -0.39 is 6.03 Å². The van der Waals surface area contributed by atoms with Crippen LogP contribution in [0.1, 0.15) is 5.56 Å². The molecule has 20 heavy (non-hydrogen) atoms. The molecular weight excluding hydrogens is 281 g/mol. The normalized spacial score (nSPS) is 10.1. The first-order valence-electron chi connectivity index (χ1n) is 5.62. The minimum atomic E-state index is -0.502. The third kappa shape index (κ3) is 3.09. The minimum Gasteiger partial charge on any atom is -0.389 e. The standard InChI is InChI=1S/C12H12FN5OS/c1-18-11(9(6-15-18)10(14)20)17-12(19)16-8-4-2-7(13)3-5-8/h2-6H,1H3,(H2,14,20)(H2,16,17,19). The number of halogens is 1. The summed E-state index contributed by atoms with van der Waals surface area (Å²) in [7, 11) is 1.65. The van der Waals surface area contributed by atoms with Crippen molar-refractivity contribution >= 4 is 34.7 Å². The van der Waals surface area contributed by atoms with Crippen LogP contribution >= 0.6 is 12.2 Å². The Morgan fingerprint density at radius 1 is 1.35 bits per heavy atom. The largest absolute Gasteiger partial charge is 0.389 e. The van der Waals surface area contributed by atoms with Gasteiger partial charge >= 0.3 is 6.03 Å². The van der Waals surface area contributed by atoms with Crippen molar-refractivity contribution in [3.05, 3.63) is 41.8 Å². The molecule has 4 N–H and O–H groups in total. The number of carbonyl (C=O) groups excluding carboxylic acids is 1. The zero-order valence-corrected chi connectivity index (χ0v) is 11.4. The van der Waals surface area contributed by atoms with Gasteiger partial charge < -0.3 is 11.1 Å². The minimum absolute atomic E-state index is 0.134. The highest BCUT2D eigenvalue weighted by molar-refractivity contribution is 7.80. The van der Waals surface area contributed by atoms with Gasteiger partial charge in [0.2, 0.25) is 0 Å². The van der Waals surface area contributed by atoms with Gasteiger partial charge in [-0.2, -0.15) is 5.10 Å². The predicted octanol–water partition coefficient (Wildman–Crippen LogP) is 1.84. The number of nitrogens with one attached hydrogen (secondary N) is 2. The van der Waals surface area contributed by atoms with Crippen LogP contribution in [0.3, 0.4) is 0 Å². The third-order valence-electron chi connectivity index (χ3n) is 2.54. The Labute approximate surface area is 119 Å². The van der Waals surface area contributed by atoms with Crippen LogP contribution < -0.4 is 16.4 Å². The summed E-state index contributed by atoms with van der Waals surface area (Å²) in [6, 6.07) is 4.90. The van der Waals surface area contributed by atoms with Crippen LogP contribution in [0.5, 0.6) is 0 Å². The second-order valence-electron chi connectivity index (χ2n) is 3.98. The van der Waals surface area contributed by atoms with E-state index >= 15 is 0 Å². The van der Waals surface area contributed by atoms with Gasteiger partial charge in [0.1, 0.15) is 16.6 Å². The molecule has 0 atom stereocenters. The van der Waals surface area contributed by atoms with E-state index in [1.807, 2.05) is 0 Å². The molecular formula is C12H12FN5OS. The lowest BCUT2D eigenvalue weighted by Gasteiger charge is -2.09. The molecule has 1 aromatic carbocycles. The number of amides is 2. The van der Waals surface area contributed by atoms with E-state index in [0.717, 1.165) is 0 Å². The first kappa shape index (κ1) is 13.9. The number of nitrogens with zero attached hydrogens (tertiary/aromatic N) is 2. The number of hydrogen-bond acceptors (Lipinski definition) is 3. The molecule has 0 aliphatic carbocycles. The highest BCUT2D eigenvalue weighted by Crippen LogP contribution is 2.15. The van der Waals surface area contributed by atoms with Crippen LogP contribution in [0.4, 0.5) is 20.7 Å². The van der Waals surface area contributed by atoms with Crippen LogP contribution in [0.25, 0.3) is 0 Å². The van der Waals surface area contributed by atoms with Gasteiger partial charge in [-0.05, 0) is 24.3 Å². The summed E-state index contributed by atoms with van der Waals surface area (Å²) >= 11 is 4.87. The maximum absolute atomic E-state index is 12.8. The molecule has 2 aromatic rings. The molecule has 0 aliphatic heterocycles. The summed E-state index contributed by atoms with van der Waals surface area (Å²) in [6.45, 7) is 0. The molecule has 0 fully saturated rings. The average Bonchev–Trinajstić information content (AvgIpc) is 2.74. The number of aromatic nitrogens is 2. The van der Waals surface area contributed by atoms with Gasteiger partial charge in [0.25, 0.3) is 0 Å². The first-order chi connectivity index (χ1) is 9.47. The van der Waals surface area contributed by atoms with Crippen molar-refractivity contribution in [3.8, 4) is 0 Å². The molecule has 0 aliphatic rings. The molecule has 1 heterocycles. The summed E-state index contributed by atoms with van der Waals surface area (Å²) < 4.78 is 14.2. The SMILES string of the molecule is Cn1ncc(C(N)=S)c1NC(=O)Nc1ccc(F)cc1. The molecule has 0 spiro atoms. The van der Waals surface area contributed by atoms with E-state index in [9.17, 15) is 9.18 Å². The Balaban J connectivity index is 2.10. The summed E-state index contributed by atoms with van der Waals surface area (Å²) in [5.41, 5.74) is 6.47. The third-order valence-corrected chi connectivity index (χ3v) is 2.76. The number of nitrogens with two attached hydrogens (primary N) is 1. The summed E-state index contributed by atoms with van der Waals surface area (Å²) in [6.07, 6.45) is 1.47. The van der Waals surface area contributed by atoms with Crippen molar-refractivity contribution in [3.63, 3.8) is 0 Å². The van der Waals surface area contributed by atoms with Crippen molar-refractivity contribution in [1.82, 2.24) is 9.78 Å². The van der Waals surface area contributed by atoms with Gasteiger partial charge in [-0.1, -0.05) is 12.2 Å². The second-order valence-corrected chi connectivity index (χ2v) is 4.42. The van der Waals surface area contributed by atoms with E-state index in [1.54, 1.807) is 7.05 Å². The van der Waals surface area contributed by atoms with Crippen LogP contribution in [0.15, 0.2) is 30.5 Å². The topological polar surface area (TPSA) is 85.0 Å². The quantitative estimate of drug-likeness (QED) is 0.754. The number of carbonyl (C=O) groups is 1. The highest BCUT2D eigenvalue weighted by atomic mass is 32.1. The Morgan fingerprint density at radius 2 is 2.00 bits per heavy atom. The Bertz CT molecular complexity index is 652. The number of benzene rings is 1. The van der Waals surface area contributed by atoms with E-state index in [2.05, 4.69) is 15.7 Å². The lowest BCUT2D eigenvalue weighted by molar-refractivity contribution is 0.262. The van der Waals surface area contributed by atoms with Crippen molar-refractivity contribution < 1.29 is 9.18 Å². The van der Waals surface area contributed by atoms with E-state index in [-0.39, 0.29) is 10.8 Å². The smallest absolute Gasteiger partial charge is 0.324 e. The van der Waals surface area contributed by atoms with E-state index in [1.165, 1.54) is 35.1 Å². The molecule has 2 rings (SSSR count). The number of urea groups is 1. The van der Waals surface area contributed by atoms with Gasteiger partial charge in [-0.15, -0.1) is 0 Å². The summed E-state index contributed by atoms with van der Waals surface area (Å²) in [5.74, 6) is 0.00970. The lowest BCUT2D eigenvalue weighted by atomic mass is 10.3. The van der Waals surface area contributed by atoms with Crippen LogP contribution in [0.2, 0.25) is 0 Å². The highest BCUT2D eigenvalue weighted by Gasteiger charge is 2.13. The summed E-state index contributed by atoms with van der Waals surface area (Å²) in [5, 5.41) is 9.12. The molecule has 2 amide bonds. The van der Waals surface area contributed by atoms with Crippen LogP contribution in [0, 0.1) is 5.82 Å². The van der Waals surface area contributed by atoms with E-state index in [4.69, 9.17) is 18.0 Å². The van der Waals surface area contributed by atoms with Crippen molar-refractivity contribution in [2.24, 2.45) is 12.8 Å². The molecule has 0 unspecified atom stereocenters. The number of thiocarbonyl (C=S) groups is 1. The van der Waals surface area contributed by atoms with Gasteiger partial charge in [-0.25, -0.2) is 9.18 Å². The fourth-order valence-corrected chi connectivity index (χ4v) is 1.72. The van der Waals surface area contributed by atoms with Gasteiger partial charge in [0, 0.05) is 12.7 Å². The molecule has 0 radical (unpaired) electrons. The Morgan fingerprint density at radius 3 is 2.60 bits per heavy atom. The Kier molecular flexibility index (Phi) is 3.94. The van der Waals surface area contributed by atoms with Crippen molar-refractivity contribution in [1.29, 1.82) is 0 Å².